The molecule has 1 aliphatic carbocycles. The number of benzene rings is 1. The number of β-amino-alcohol motifs (C(OH)–C–C–N with tert-alkyl or cyclic N) is 1. The number of aliphatic hydroxyl groups excluding tert-OH is 1. The highest BCUT2D eigenvalue weighted by molar-refractivity contribution is 5.79. The summed E-state index contributed by atoms with van der Waals surface area (Å²) < 4.78 is 5.28. The second-order valence-electron chi connectivity index (χ2n) is 8.12. The van der Waals surface area contributed by atoms with E-state index in [2.05, 4.69) is 22.3 Å². The molecule has 2 amide bonds. The highest BCUT2D eigenvalue weighted by Gasteiger charge is 2.71. The Morgan fingerprint density at radius 1 is 1.36 bits per heavy atom. The predicted molar refractivity (Wildman–Crippen MR) is 104 cm³/mol. The molecule has 152 valence electrons. The molecule has 3 fully saturated rings. The van der Waals surface area contributed by atoms with Gasteiger partial charge in [0.25, 0.3) is 0 Å². The van der Waals surface area contributed by atoms with Crippen LogP contribution in [0.4, 0.5) is 0 Å². The molecule has 0 aromatic heterocycles. The number of likely N-dealkylation sites (tertiary alicyclic amines) is 1. The summed E-state index contributed by atoms with van der Waals surface area (Å²) in [5.41, 5.74) is 0.865. The standard InChI is InChI=1S/C21H29N3O4/c1-2-28-13-19(27)24-11-17(25)21(14-24)16(10-23-9-8-22-18(26)12-23)20(21)15-6-4-3-5-7-15/h3-7,16-17,20,25H,2,8-14H2,1H3,(H,22,26)/t16-,17-,20-,21-/m1/s1. The smallest absolute Gasteiger partial charge is 0.248 e. The first-order valence-electron chi connectivity index (χ1n) is 10.1. The molecule has 1 aromatic carbocycles. The van der Waals surface area contributed by atoms with E-state index in [1.54, 1.807) is 4.90 Å². The van der Waals surface area contributed by atoms with E-state index in [4.69, 9.17) is 4.74 Å². The first-order valence-corrected chi connectivity index (χ1v) is 10.1. The van der Waals surface area contributed by atoms with Crippen molar-refractivity contribution < 1.29 is 19.4 Å². The third-order valence-electron chi connectivity index (χ3n) is 6.55. The van der Waals surface area contributed by atoms with Crippen molar-refractivity contribution >= 4 is 11.8 Å². The Balaban J connectivity index is 1.54. The average Bonchev–Trinajstić information content (AvgIpc) is 3.18. The molecule has 4 rings (SSSR count). The van der Waals surface area contributed by atoms with Gasteiger partial charge in [-0.1, -0.05) is 30.3 Å². The van der Waals surface area contributed by atoms with Crippen LogP contribution in [0.5, 0.6) is 0 Å². The molecular weight excluding hydrogens is 358 g/mol. The van der Waals surface area contributed by atoms with E-state index >= 15 is 0 Å². The molecule has 1 aromatic rings. The van der Waals surface area contributed by atoms with Crippen LogP contribution in [0.3, 0.4) is 0 Å². The number of amides is 2. The minimum atomic E-state index is -0.563. The molecule has 28 heavy (non-hydrogen) atoms. The first kappa shape index (κ1) is 19.4. The Morgan fingerprint density at radius 3 is 2.86 bits per heavy atom. The monoisotopic (exact) mass is 387 g/mol. The van der Waals surface area contributed by atoms with Gasteiger partial charge < -0.3 is 20.1 Å². The zero-order valence-corrected chi connectivity index (χ0v) is 16.3. The zero-order valence-electron chi connectivity index (χ0n) is 16.3. The second kappa shape index (κ2) is 7.81. The Morgan fingerprint density at radius 2 is 2.14 bits per heavy atom. The number of piperazine rings is 1. The van der Waals surface area contributed by atoms with E-state index in [-0.39, 0.29) is 35.7 Å². The molecule has 2 saturated heterocycles. The molecule has 0 radical (unpaired) electrons. The summed E-state index contributed by atoms with van der Waals surface area (Å²) in [6, 6.07) is 10.2. The lowest BCUT2D eigenvalue weighted by Crippen LogP contribution is -2.48. The summed E-state index contributed by atoms with van der Waals surface area (Å²) in [6.45, 7) is 5.97. The number of nitrogens with zero attached hydrogens (tertiary/aromatic N) is 2. The van der Waals surface area contributed by atoms with Crippen LogP contribution in [0.2, 0.25) is 0 Å². The maximum Gasteiger partial charge on any atom is 0.248 e. The fourth-order valence-electron chi connectivity index (χ4n) is 5.16. The maximum atomic E-state index is 12.5. The number of hydrogen-bond donors (Lipinski definition) is 2. The molecule has 7 nitrogen and oxygen atoms in total. The lowest BCUT2D eigenvalue weighted by atomic mass is 9.95. The summed E-state index contributed by atoms with van der Waals surface area (Å²) in [6.07, 6.45) is -0.563. The summed E-state index contributed by atoms with van der Waals surface area (Å²) in [5, 5.41) is 13.9. The number of ether oxygens (including phenoxy) is 1. The molecule has 2 N–H and O–H groups in total. The number of nitrogens with one attached hydrogen (secondary N) is 1. The molecule has 1 saturated carbocycles. The highest BCUT2D eigenvalue weighted by Crippen LogP contribution is 2.69. The van der Waals surface area contributed by atoms with Crippen molar-refractivity contribution in [1.29, 1.82) is 0 Å². The van der Waals surface area contributed by atoms with Gasteiger partial charge in [0, 0.05) is 44.7 Å². The Labute approximate surface area is 165 Å². The molecule has 4 atom stereocenters. The van der Waals surface area contributed by atoms with Gasteiger partial charge >= 0.3 is 0 Å². The lowest BCUT2D eigenvalue weighted by molar-refractivity contribution is -0.135. The van der Waals surface area contributed by atoms with Crippen LogP contribution < -0.4 is 5.32 Å². The van der Waals surface area contributed by atoms with Crippen molar-refractivity contribution in [2.45, 2.75) is 18.9 Å². The van der Waals surface area contributed by atoms with Gasteiger partial charge in [0.15, 0.2) is 0 Å². The van der Waals surface area contributed by atoms with Crippen LogP contribution in [-0.4, -0.2) is 85.3 Å². The van der Waals surface area contributed by atoms with E-state index in [0.717, 1.165) is 13.1 Å². The second-order valence-corrected chi connectivity index (χ2v) is 8.12. The van der Waals surface area contributed by atoms with Crippen molar-refractivity contribution in [1.82, 2.24) is 15.1 Å². The fourth-order valence-corrected chi connectivity index (χ4v) is 5.16. The van der Waals surface area contributed by atoms with Crippen molar-refractivity contribution in [3.63, 3.8) is 0 Å². The predicted octanol–water partition coefficient (Wildman–Crippen LogP) is 0.0578. The minimum Gasteiger partial charge on any atom is -0.391 e. The van der Waals surface area contributed by atoms with E-state index < -0.39 is 6.10 Å². The van der Waals surface area contributed by atoms with E-state index in [1.807, 2.05) is 25.1 Å². The van der Waals surface area contributed by atoms with Crippen LogP contribution in [-0.2, 0) is 14.3 Å². The largest absolute Gasteiger partial charge is 0.391 e. The number of rotatable bonds is 6. The molecule has 7 heteroatoms. The van der Waals surface area contributed by atoms with Crippen molar-refractivity contribution in [2.24, 2.45) is 11.3 Å². The van der Waals surface area contributed by atoms with E-state index in [1.165, 1.54) is 5.56 Å². The number of aliphatic hydroxyl groups is 1. The Bertz CT molecular complexity index is 728. The van der Waals surface area contributed by atoms with Gasteiger partial charge in [0.1, 0.15) is 6.61 Å². The van der Waals surface area contributed by atoms with E-state index in [9.17, 15) is 14.7 Å². The van der Waals surface area contributed by atoms with Crippen molar-refractivity contribution in [3.05, 3.63) is 35.9 Å². The van der Waals surface area contributed by atoms with Crippen LogP contribution in [0.1, 0.15) is 18.4 Å². The van der Waals surface area contributed by atoms with Crippen LogP contribution >= 0.6 is 0 Å². The molecule has 0 bridgehead atoms. The summed E-state index contributed by atoms with van der Waals surface area (Å²) in [5.74, 6) is 0.407. The number of hydrogen-bond acceptors (Lipinski definition) is 5. The van der Waals surface area contributed by atoms with Gasteiger partial charge in [-0.3, -0.25) is 14.5 Å². The molecule has 3 aliphatic rings. The Kier molecular flexibility index (Phi) is 5.40. The molecule has 2 heterocycles. The lowest BCUT2D eigenvalue weighted by Gasteiger charge is -2.27. The fraction of sp³-hybridized carbons (Fsp3) is 0.619. The van der Waals surface area contributed by atoms with Gasteiger partial charge in [0.2, 0.25) is 11.8 Å². The molecule has 1 spiro atoms. The van der Waals surface area contributed by atoms with Gasteiger partial charge in [0.05, 0.1) is 12.6 Å². The molecular formula is C21H29N3O4. The summed E-state index contributed by atoms with van der Waals surface area (Å²) in [4.78, 5) is 28.2. The third-order valence-corrected chi connectivity index (χ3v) is 6.55. The SMILES string of the molecule is CCOCC(=O)N1C[C@@H](O)[C@@]2(C1)[C@H](CN1CCNC(=O)C1)[C@H]2c1ccccc1. The molecule has 2 aliphatic heterocycles. The van der Waals surface area contributed by atoms with Crippen LogP contribution in [0.15, 0.2) is 30.3 Å². The average molecular weight is 387 g/mol. The highest BCUT2D eigenvalue weighted by atomic mass is 16.5. The van der Waals surface area contributed by atoms with Crippen LogP contribution in [0, 0.1) is 11.3 Å². The van der Waals surface area contributed by atoms with Gasteiger partial charge in [-0.25, -0.2) is 0 Å². The normalized spacial score (nSPS) is 32.6. The maximum absolute atomic E-state index is 12.5. The summed E-state index contributed by atoms with van der Waals surface area (Å²) in [7, 11) is 0. The van der Waals surface area contributed by atoms with E-state index in [0.29, 0.717) is 32.8 Å². The van der Waals surface area contributed by atoms with Crippen LogP contribution in [0.25, 0.3) is 0 Å². The van der Waals surface area contributed by atoms with Gasteiger partial charge in [-0.15, -0.1) is 0 Å². The quantitative estimate of drug-likeness (QED) is 0.721. The zero-order chi connectivity index (χ0) is 19.7. The first-order chi connectivity index (χ1) is 13.6. The van der Waals surface area contributed by atoms with Crippen molar-refractivity contribution in [3.8, 4) is 0 Å². The number of carbonyl (C=O) groups excluding carboxylic acids is 2. The van der Waals surface area contributed by atoms with Gasteiger partial charge in [-0.2, -0.15) is 0 Å². The molecule has 0 unspecified atom stereocenters. The number of carbonyl (C=O) groups is 2. The third kappa shape index (κ3) is 3.43. The van der Waals surface area contributed by atoms with Crippen molar-refractivity contribution in [2.75, 3.05) is 52.5 Å². The summed E-state index contributed by atoms with van der Waals surface area (Å²) >= 11 is 0. The van der Waals surface area contributed by atoms with Gasteiger partial charge in [-0.05, 0) is 24.3 Å². The minimum absolute atomic E-state index is 0.0534. The topological polar surface area (TPSA) is 82.1 Å². The Hall–Kier alpha value is -1.96.